The summed E-state index contributed by atoms with van der Waals surface area (Å²) in [6.07, 6.45) is 8.04. The van der Waals surface area contributed by atoms with Crippen molar-refractivity contribution in [3.63, 3.8) is 0 Å². The van der Waals surface area contributed by atoms with Crippen molar-refractivity contribution >= 4 is 17.6 Å². The van der Waals surface area contributed by atoms with E-state index in [1.165, 1.54) is 12.8 Å². The first-order valence-electron chi connectivity index (χ1n) is 9.38. The number of halogens is 1. The molecule has 2 heterocycles. The number of carbonyl (C=O) groups is 1. The Balaban J connectivity index is 1.43. The molecule has 0 spiro atoms. The van der Waals surface area contributed by atoms with Crippen molar-refractivity contribution in [2.45, 2.75) is 57.2 Å². The van der Waals surface area contributed by atoms with Crippen LogP contribution in [0.1, 0.15) is 49.5 Å². The van der Waals surface area contributed by atoms with E-state index in [1.54, 1.807) is 6.33 Å². The van der Waals surface area contributed by atoms with Gasteiger partial charge in [0.1, 0.15) is 12.2 Å². The fourth-order valence-electron chi connectivity index (χ4n) is 4.19. The Morgan fingerprint density at radius 2 is 2.12 bits per heavy atom. The summed E-state index contributed by atoms with van der Waals surface area (Å²) in [5.41, 5.74) is 1.08. The molecule has 1 aromatic heterocycles. The number of fused-ring (bicyclic) bond motifs is 1. The van der Waals surface area contributed by atoms with Crippen molar-refractivity contribution in [2.75, 3.05) is 0 Å². The zero-order valence-corrected chi connectivity index (χ0v) is 15.5. The van der Waals surface area contributed by atoms with Crippen molar-refractivity contribution in [3.8, 4) is 0 Å². The molecule has 1 saturated carbocycles. The molecule has 4 rings (SSSR count). The molecule has 2 aliphatic rings. The molecule has 6 nitrogen and oxygen atoms in total. The van der Waals surface area contributed by atoms with Crippen LogP contribution in [-0.4, -0.2) is 26.8 Å². The van der Waals surface area contributed by atoms with Gasteiger partial charge in [-0.25, -0.2) is 14.5 Å². The summed E-state index contributed by atoms with van der Waals surface area (Å²) in [5, 5.41) is 11.3. The van der Waals surface area contributed by atoms with E-state index in [0.29, 0.717) is 17.5 Å². The number of nitrogens with zero attached hydrogens (tertiary/aromatic N) is 3. The molecule has 0 radical (unpaired) electrons. The number of aryl methyl sites for hydroxylation is 1. The number of aromatic nitrogens is 3. The molecule has 26 heavy (non-hydrogen) atoms. The van der Waals surface area contributed by atoms with Gasteiger partial charge in [-0.2, -0.15) is 5.10 Å². The van der Waals surface area contributed by atoms with E-state index in [4.69, 9.17) is 11.6 Å². The zero-order valence-electron chi connectivity index (χ0n) is 14.7. The summed E-state index contributed by atoms with van der Waals surface area (Å²) in [4.78, 5) is 16.9. The van der Waals surface area contributed by atoms with Gasteiger partial charge < -0.3 is 10.6 Å². The lowest BCUT2D eigenvalue weighted by molar-refractivity contribution is 0.222. The minimum Gasteiger partial charge on any atom is -0.334 e. The number of rotatable bonds is 4. The lowest BCUT2D eigenvalue weighted by Gasteiger charge is -2.28. The van der Waals surface area contributed by atoms with Crippen LogP contribution in [0.4, 0.5) is 4.79 Å². The second-order valence-electron chi connectivity index (χ2n) is 7.29. The first-order chi connectivity index (χ1) is 12.7. The predicted molar refractivity (Wildman–Crippen MR) is 99.9 cm³/mol. The molecule has 2 aromatic rings. The molecule has 2 atom stereocenters. The largest absolute Gasteiger partial charge is 0.334 e. The maximum absolute atomic E-state index is 12.7. The summed E-state index contributed by atoms with van der Waals surface area (Å²) >= 11 is 6.18. The summed E-state index contributed by atoms with van der Waals surface area (Å²) < 4.78 is 1.87. The van der Waals surface area contributed by atoms with Gasteiger partial charge in [-0.05, 0) is 42.9 Å². The molecular formula is C19H24ClN5O. The van der Waals surface area contributed by atoms with Gasteiger partial charge in [-0.3, -0.25) is 0 Å². The van der Waals surface area contributed by atoms with Crippen LogP contribution in [0.2, 0.25) is 5.02 Å². The van der Waals surface area contributed by atoms with Crippen LogP contribution in [0.5, 0.6) is 0 Å². The number of hydrogen-bond acceptors (Lipinski definition) is 3. The van der Waals surface area contributed by atoms with E-state index in [2.05, 4.69) is 26.8 Å². The molecule has 0 saturated heterocycles. The topological polar surface area (TPSA) is 71.8 Å². The molecule has 2 N–H and O–H groups in total. The van der Waals surface area contributed by atoms with Gasteiger partial charge in [0, 0.05) is 11.4 Å². The molecule has 1 fully saturated rings. The third-order valence-corrected chi connectivity index (χ3v) is 5.74. The number of urea groups is 1. The lowest BCUT2D eigenvalue weighted by atomic mass is 9.91. The van der Waals surface area contributed by atoms with Crippen LogP contribution in [0.3, 0.4) is 0 Å². The highest BCUT2D eigenvalue weighted by Crippen LogP contribution is 2.36. The Morgan fingerprint density at radius 3 is 2.92 bits per heavy atom. The van der Waals surface area contributed by atoms with Gasteiger partial charge in [0.25, 0.3) is 0 Å². The second-order valence-corrected chi connectivity index (χ2v) is 7.73. The smallest absolute Gasteiger partial charge is 0.315 e. The zero-order chi connectivity index (χ0) is 17.9. The molecular weight excluding hydrogens is 350 g/mol. The Hall–Kier alpha value is -2.08. The van der Waals surface area contributed by atoms with Crippen molar-refractivity contribution in [2.24, 2.45) is 5.92 Å². The SMILES string of the molecule is O=C(N[C@@H]1CCc2ncnn2C1)N[C@H](c1cccc(Cl)c1)C1CCCC1. The molecule has 0 bridgehead atoms. The van der Waals surface area contributed by atoms with Crippen molar-refractivity contribution in [1.29, 1.82) is 0 Å². The first kappa shape index (κ1) is 17.3. The quantitative estimate of drug-likeness (QED) is 0.861. The predicted octanol–water partition coefficient (Wildman–Crippen LogP) is 3.48. The summed E-state index contributed by atoms with van der Waals surface area (Å²) in [5.74, 6) is 1.46. The standard InChI is InChI=1S/C19H24ClN5O/c20-15-7-3-6-14(10-15)18(13-4-1-2-5-13)24-19(26)23-16-8-9-17-21-12-22-25(17)11-16/h3,6-7,10,12-13,16,18H,1-2,4-5,8-9,11H2,(H2,23,24,26)/t16-,18+/m1/s1. The Labute approximate surface area is 158 Å². The fourth-order valence-corrected chi connectivity index (χ4v) is 4.39. The van der Waals surface area contributed by atoms with Crippen LogP contribution >= 0.6 is 11.6 Å². The van der Waals surface area contributed by atoms with E-state index in [1.807, 2.05) is 22.9 Å². The average Bonchev–Trinajstić information content (AvgIpc) is 3.31. The highest BCUT2D eigenvalue weighted by atomic mass is 35.5. The van der Waals surface area contributed by atoms with Gasteiger partial charge in [0.15, 0.2) is 0 Å². The van der Waals surface area contributed by atoms with Gasteiger partial charge in [0.05, 0.1) is 18.6 Å². The van der Waals surface area contributed by atoms with Gasteiger partial charge in [-0.15, -0.1) is 0 Å². The van der Waals surface area contributed by atoms with Gasteiger partial charge in [-0.1, -0.05) is 36.6 Å². The van der Waals surface area contributed by atoms with Crippen LogP contribution in [-0.2, 0) is 13.0 Å². The van der Waals surface area contributed by atoms with Gasteiger partial charge in [0.2, 0.25) is 0 Å². The van der Waals surface area contributed by atoms with Crippen molar-refractivity contribution < 1.29 is 4.79 Å². The van der Waals surface area contributed by atoms with E-state index >= 15 is 0 Å². The third kappa shape index (κ3) is 3.85. The summed E-state index contributed by atoms with van der Waals surface area (Å²) in [7, 11) is 0. The number of carbonyl (C=O) groups excluding carboxylic acids is 1. The number of amides is 2. The average molecular weight is 374 g/mol. The maximum atomic E-state index is 12.7. The normalized spacial score (nSPS) is 21.2. The molecule has 1 aromatic carbocycles. The number of nitrogens with one attached hydrogen (secondary N) is 2. The highest BCUT2D eigenvalue weighted by molar-refractivity contribution is 6.30. The van der Waals surface area contributed by atoms with E-state index in [0.717, 1.165) is 37.1 Å². The number of hydrogen-bond donors (Lipinski definition) is 2. The second kappa shape index (κ2) is 7.66. The lowest BCUT2D eigenvalue weighted by Crippen LogP contribution is -2.47. The fraction of sp³-hybridized carbons (Fsp3) is 0.526. The van der Waals surface area contributed by atoms with Crippen LogP contribution < -0.4 is 10.6 Å². The highest BCUT2D eigenvalue weighted by Gasteiger charge is 2.29. The number of benzene rings is 1. The van der Waals surface area contributed by atoms with Crippen LogP contribution in [0.25, 0.3) is 0 Å². The van der Waals surface area contributed by atoms with Crippen molar-refractivity contribution in [3.05, 3.63) is 47.0 Å². The van der Waals surface area contributed by atoms with E-state index in [9.17, 15) is 4.79 Å². The minimum atomic E-state index is -0.115. The Kier molecular flexibility index (Phi) is 5.11. The molecule has 2 amide bonds. The molecule has 1 aliphatic heterocycles. The maximum Gasteiger partial charge on any atom is 0.315 e. The molecule has 0 unspecified atom stereocenters. The Morgan fingerprint density at radius 1 is 1.27 bits per heavy atom. The molecule has 7 heteroatoms. The van der Waals surface area contributed by atoms with Gasteiger partial charge >= 0.3 is 6.03 Å². The van der Waals surface area contributed by atoms with Crippen LogP contribution in [0.15, 0.2) is 30.6 Å². The summed E-state index contributed by atoms with van der Waals surface area (Å²) in [6, 6.07) is 7.80. The first-order valence-corrected chi connectivity index (χ1v) is 9.76. The Bertz CT molecular complexity index is 771. The minimum absolute atomic E-state index is 0.00159. The summed E-state index contributed by atoms with van der Waals surface area (Å²) in [6.45, 7) is 0.675. The van der Waals surface area contributed by atoms with E-state index < -0.39 is 0 Å². The monoisotopic (exact) mass is 373 g/mol. The molecule has 138 valence electrons. The van der Waals surface area contributed by atoms with Crippen molar-refractivity contribution in [1.82, 2.24) is 25.4 Å². The van der Waals surface area contributed by atoms with E-state index in [-0.39, 0.29) is 18.1 Å². The third-order valence-electron chi connectivity index (χ3n) is 5.51. The molecule has 1 aliphatic carbocycles. The van der Waals surface area contributed by atoms with Crippen LogP contribution in [0, 0.1) is 5.92 Å².